The summed E-state index contributed by atoms with van der Waals surface area (Å²) in [5, 5.41) is 4.66. The zero-order valence-corrected chi connectivity index (χ0v) is 17.7. The van der Waals surface area contributed by atoms with Gasteiger partial charge in [-0.05, 0) is 42.5 Å². The van der Waals surface area contributed by atoms with Gasteiger partial charge in [-0.2, -0.15) is 0 Å². The fraction of sp³-hybridized carbons (Fsp3) is 0. The maximum atomic E-state index is 4.92. The fourth-order valence-electron chi connectivity index (χ4n) is 4.10. The minimum Gasteiger partial charge on any atom is -0.361 e. The molecule has 134 valence electrons. The second-order valence-electron chi connectivity index (χ2n) is 6.93. The third kappa shape index (κ3) is 2.30. The van der Waals surface area contributed by atoms with Crippen molar-refractivity contribution >= 4 is 75.6 Å². The normalized spacial score (nSPS) is 11.9. The van der Waals surface area contributed by atoms with Gasteiger partial charge in [-0.25, -0.2) is 4.98 Å². The molecule has 0 bridgehead atoms. The van der Waals surface area contributed by atoms with Crippen molar-refractivity contribution in [1.82, 2.24) is 15.0 Å². The third-order valence-corrected chi connectivity index (χ3v) is 6.30. The third-order valence-electron chi connectivity index (χ3n) is 5.31. The summed E-state index contributed by atoms with van der Waals surface area (Å²) in [4.78, 5) is 11.9. The molecule has 0 aliphatic heterocycles. The predicted octanol–water partition coefficient (Wildman–Crippen LogP) is 7.54. The van der Waals surface area contributed by atoms with Gasteiger partial charge < -0.3 is 9.97 Å². The van der Waals surface area contributed by atoms with Gasteiger partial charge in [0.25, 0.3) is 0 Å². The van der Waals surface area contributed by atoms with Crippen molar-refractivity contribution in [3.05, 3.63) is 75.8 Å². The Labute approximate surface area is 177 Å². The van der Waals surface area contributed by atoms with E-state index in [9.17, 15) is 0 Å². The molecule has 5 heteroatoms. The molecule has 0 aliphatic rings. The summed E-state index contributed by atoms with van der Waals surface area (Å²) in [6.07, 6.45) is 2.11. The molecule has 0 amide bonds. The number of benzene rings is 3. The van der Waals surface area contributed by atoms with Crippen molar-refractivity contribution in [2.75, 3.05) is 0 Å². The summed E-state index contributed by atoms with van der Waals surface area (Å²) in [6, 6.07) is 21.0. The maximum absolute atomic E-state index is 4.92. The van der Waals surface area contributed by atoms with Crippen molar-refractivity contribution in [2.45, 2.75) is 0 Å². The number of halogens is 2. The Morgan fingerprint density at radius 1 is 0.750 bits per heavy atom. The van der Waals surface area contributed by atoms with Crippen molar-refractivity contribution in [1.29, 1.82) is 0 Å². The van der Waals surface area contributed by atoms with E-state index < -0.39 is 0 Å². The van der Waals surface area contributed by atoms with Crippen LogP contribution in [0.25, 0.3) is 54.9 Å². The Morgan fingerprint density at radius 3 is 2.36 bits per heavy atom. The summed E-state index contributed by atoms with van der Waals surface area (Å²) >= 11 is 7.26. The number of hydrogen-bond donors (Lipinski definition) is 2. The number of para-hydroxylation sites is 1. The smallest absolute Gasteiger partial charge is 0.139 e. The average Bonchev–Trinajstić information content (AvgIpc) is 3.27. The lowest BCUT2D eigenvalue weighted by Gasteiger charge is -2.09. The SMILES string of the molecule is Brc1ccc2[nH]cc(-c3c4ccccc4nc4[nH]c5ccc(Br)cc5c34)c2c1. The van der Waals surface area contributed by atoms with Crippen molar-refractivity contribution < 1.29 is 0 Å². The molecule has 0 unspecified atom stereocenters. The highest BCUT2D eigenvalue weighted by Gasteiger charge is 2.18. The van der Waals surface area contributed by atoms with Gasteiger partial charge in [0.05, 0.1) is 5.52 Å². The molecule has 0 saturated carbocycles. The van der Waals surface area contributed by atoms with E-state index in [1.54, 1.807) is 0 Å². The summed E-state index contributed by atoms with van der Waals surface area (Å²) in [7, 11) is 0. The molecule has 0 saturated heterocycles. The first kappa shape index (κ1) is 16.3. The molecule has 3 aromatic carbocycles. The van der Waals surface area contributed by atoms with Crippen LogP contribution in [0.2, 0.25) is 0 Å². The monoisotopic (exact) mass is 489 g/mol. The first-order chi connectivity index (χ1) is 13.7. The average molecular weight is 491 g/mol. The highest BCUT2D eigenvalue weighted by molar-refractivity contribution is 9.10. The number of pyridine rings is 1. The fourth-order valence-corrected chi connectivity index (χ4v) is 4.83. The van der Waals surface area contributed by atoms with Crippen LogP contribution in [0.15, 0.2) is 75.8 Å². The van der Waals surface area contributed by atoms with E-state index in [0.29, 0.717) is 0 Å². The molecule has 0 radical (unpaired) electrons. The largest absolute Gasteiger partial charge is 0.361 e. The standard InChI is InChI=1S/C23H13Br2N3/c24-12-5-7-18-15(9-12)17(11-26-18)21-14-3-1-2-4-19(14)27-23-22(21)16-10-13(25)6-8-20(16)28-23/h1-11,26H,(H,27,28). The number of aromatic amines is 2. The Morgan fingerprint density at radius 2 is 1.50 bits per heavy atom. The van der Waals surface area contributed by atoms with Crippen LogP contribution < -0.4 is 0 Å². The molecule has 6 aromatic rings. The number of H-pyrrole nitrogens is 2. The summed E-state index contributed by atoms with van der Waals surface area (Å²) in [6.45, 7) is 0. The van der Waals surface area contributed by atoms with Crippen molar-refractivity contribution in [3.63, 3.8) is 0 Å². The lowest BCUT2D eigenvalue weighted by Crippen LogP contribution is -1.87. The molecule has 3 heterocycles. The molecule has 6 rings (SSSR count). The molecular weight excluding hydrogens is 478 g/mol. The highest BCUT2D eigenvalue weighted by Crippen LogP contribution is 2.42. The number of rotatable bonds is 1. The lowest BCUT2D eigenvalue weighted by molar-refractivity contribution is 1.40. The van der Waals surface area contributed by atoms with Gasteiger partial charge in [0, 0.05) is 58.8 Å². The van der Waals surface area contributed by atoms with E-state index in [0.717, 1.165) is 41.9 Å². The van der Waals surface area contributed by atoms with Gasteiger partial charge >= 0.3 is 0 Å². The first-order valence-electron chi connectivity index (χ1n) is 8.96. The van der Waals surface area contributed by atoms with Crippen LogP contribution in [-0.2, 0) is 0 Å². The van der Waals surface area contributed by atoms with Crippen LogP contribution in [0.1, 0.15) is 0 Å². The molecule has 28 heavy (non-hydrogen) atoms. The van der Waals surface area contributed by atoms with Crippen LogP contribution in [0.3, 0.4) is 0 Å². The van der Waals surface area contributed by atoms with E-state index in [4.69, 9.17) is 4.98 Å². The Bertz CT molecular complexity index is 1540. The summed E-state index contributed by atoms with van der Waals surface area (Å²) < 4.78 is 2.12. The molecule has 2 N–H and O–H groups in total. The summed E-state index contributed by atoms with van der Waals surface area (Å²) in [5.74, 6) is 0. The van der Waals surface area contributed by atoms with Crippen LogP contribution in [0.4, 0.5) is 0 Å². The van der Waals surface area contributed by atoms with E-state index >= 15 is 0 Å². The van der Waals surface area contributed by atoms with Crippen LogP contribution in [0.5, 0.6) is 0 Å². The van der Waals surface area contributed by atoms with Crippen LogP contribution in [-0.4, -0.2) is 15.0 Å². The van der Waals surface area contributed by atoms with E-state index in [-0.39, 0.29) is 0 Å². The Balaban J connectivity index is 1.89. The Hall–Kier alpha value is -2.63. The van der Waals surface area contributed by atoms with E-state index in [2.05, 4.69) is 103 Å². The zero-order chi connectivity index (χ0) is 18.8. The van der Waals surface area contributed by atoms with Crippen molar-refractivity contribution in [2.24, 2.45) is 0 Å². The topological polar surface area (TPSA) is 44.5 Å². The maximum Gasteiger partial charge on any atom is 0.139 e. The molecule has 0 spiro atoms. The Kier molecular flexibility index (Phi) is 3.46. The van der Waals surface area contributed by atoms with E-state index in [1.165, 1.54) is 21.9 Å². The van der Waals surface area contributed by atoms with Gasteiger partial charge in [-0.1, -0.05) is 50.1 Å². The minimum atomic E-state index is 0.908. The highest BCUT2D eigenvalue weighted by atomic mass is 79.9. The van der Waals surface area contributed by atoms with E-state index in [1.807, 2.05) is 6.07 Å². The second-order valence-corrected chi connectivity index (χ2v) is 8.77. The molecular formula is C23H13Br2N3. The number of fused-ring (bicyclic) bond motifs is 5. The van der Waals surface area contributed by atoms with Gasteiger partial charge in [-0.3, -0.25) is 0 Å². The van der Waals surface area contributed by atoms with Gasteiger partial charge in [-0.15, -0.1) is 0 Å². The number of hydrogen-bond acceptors (Lipinski definition) is 1. The quantitative estimate of drug-likeness (QED) is 0.245. The zero-order valence-electron chi connectivity index (χ0n) is 14.6. The number of aromatic nitrogens is 3. The van der Waals surface area contributed by atoms with Crippen LogP contribution >= 0.6 is 31.9 Å². The first-order valence-corrected chi connectivity index (χ1v) is 10.5. The van der Waals surface area contributed by atoms with Crippen LogP contribution in [0, 0.1) is 0 Å². The molecule has 0 aliphatic carbocycles. The molecule has 3 aromatic heterocycles. The minimum absolute atomic E-state index is 0.908. The van der Waals surface area contributed by atoms with Gasteiger partial charge in [0.2, 0.25) is 0 Å². The van der Waals surface area contributed by atoms with Gasteiger partial charge in [0.15, 0.2) is 0 Å². The second kappa shape index (κ2) is 5.93. The number of nitrogens with zero attached hydrogens (tertiary/aromatic N) is 1. The van der Waals surface area contributed by atoms with Crippen molar-refractivity contribution in [3.8, 4) is 11.1 Å². The lowest BCUT2D eigenvalue weighted by atomic mass is 9.96. The summed E-state index contributed by atoms with van der Waals surface area (Å²) in [5.41, 5.74) is 6.48. The molecule has 3 nitrogen and oxygen atoms in total. The van der Waals surface area contributed by atoms with Gasteiger partial charge in [0.1, 0.15) is 5.65 Å². The molecule has 0 fully saturated rings. The predicted molar refractivity (Wildman–Crippen MR) is 124 cm³/mol. The number of nitrogens with one attached hydrogen (secondary N) is 2. The molecule has 0 atom stereocenters.